The maximum atomic E-state index is 12.3. The Labute approximate surface area is 145 Å². The lowest BCUT2D eigenvalue weighted by molar-refractivity contribution is 0.299. The van der Waals surface area contributed by atoms with Gasteiger partial charge in [-0.25, -0.2) is 13.1 Å². The van der Waals surface area contributed by atoms with E-state index in [1.807, 2.05) is 49.3 Å². The number of hydrogen-bond acceptors (Lipinski definition) is 3. The number of nitrogens with one attached hydrogen (secondary N) is 1. The van der Waals surface area contributed by atoms with Gasteiger partial charge in [0.05, 0.1) is 5.75 Å². The van der Waals surface area contributed by atoms with Gasteiger partial charge >= 0.3 is 0 Å². The quantitative estimate of drug-likeness (QED) is 0.799. The van der Waals surface area contributed by atoms with E-state index in [2.05, 4.69) is 35.9 Å². The summed E-state index contributed by atoms with van der Waals surface area (Å²) in [6.07, 6.45) is 0.997. The van der Waals surface area contributed by atoms with Crippen LogP contribution in [-0.2, 0) is 22.2 Å². The van der Waals surface area contributed by atoms with Crippen molar-refractivity contribution in [2.75, 3.05) is 20.6 Å². The number of benzene rings is 2. The molecule has 2 aromatic carbocycles. The van der Waals surface area contributed by atoms with Crippen LogP contribution in [0.5, 0.6) is 0 Å². The molecule has 1 atom stereocenters. The zero-order valence-corrected chi connectivity index (χ0v) is 15.4. The van der Waals surface area contributed by atoms with E-state index in [4.69, 9.17) is 0 Å². The molecule has 5 heteroatoms. The number of likely N-dealkylation sites (N-methyl/N-ethyl adjacent to an activating group) is 1. The van der Waals surface area contributed by atoms with Crippen LogP contribution in [0.3, 0.4) is 0 Å². The molecule has 0 aliphatic rings. The third-order valence-corrected chi connectivity index (χ3v) is 5.41. The highest BCUT2D eigenvalue weighted by atomic mass is 32.2. The van der Waals surface area contributed by atoms with E-state index in [-0.39, 0.29) is 11.8 Å². The Morgan fingerprint density at radius 3 is 2.12 bits per heavy atom. The second-order valence-electron chi connectivity index (χ2n) is 6.17. The van der Waals surface area contributed by atoms with Gasteiger partial charge in [-0.2, -0.15) is 0 Å². The molecule has 2 rings (SSSR count). The number of sulfonamides is 1. The van der Waals surface area contributed by atoms with Crippen LogP contribution in [0, 0.1) is 0 Å². The molecule has 2 aromatic rings. The summed E-state index contributed by atoms with van der Waals surface area (Å²) in [4.78, 5) is 2.03. The van der Waals surface area contributed by atoms with Crippen LogP contribution in [-0.4, -0.2) is 34.0 Å². The van der Waals surface area contributed by atoms with Gasteiger partial charge in [-0.15, -0.1) is 0 Å². The van der Waals surface area contributed by atoms with Crippen molar-refractivity contribution >= 4 is 10.0 Å². The van der Waals surface area contributed by atoms with Crippen molar-refractivity contribution in [3.8, 4) is 0 Å². The van der Waals surface area contributed by atoms with E-state index in [0.29, 0.717) is 6.54 Å². The first kappa shape index (κ1) is 18.6. The van der Waals surface area contributed by atoms with Crippen LogP contribution in [0.1, 0.15) is 29.7 Å². The minimum absolute atomic E-state index is 0.00135. The summed E-state index contributed by atoms with van der Waals surface area (Å²) in [5.74, 6) is 0.00274. The van der Waals surface area contributed by atoms with E-state index in [1.54, 1.807) is 0 Å². The molecule has 0 aliphatic heterocycles. The molecule has 0 aliphatic carbocycles. The van der Waals surface area contributed by atoms with Crippen molar-refractivity contribution in [3.63, 3.8) is 0 Å². The lowest BCUT2D eigenvalue weighted by Gasteiger charge is -2.25. The standard InChI is InChI=1S/C19H26N2O2S/c1-4-16-10-12-18(13-11-16)19(21(2)3)14-20-24(22,23)15-17-8-6-5-7-9-17/h5-13,19-20H,4,14-15H2,1-3H3. The summed E-state index contributed by atoms with van der Waals surface area (Å²) in [7, 11) is 0.564. The highest BCUT2D eigenvalue weighted by molar-refractivity contribution is 7.88. The van der Waals surface area contributed by atoms with Gasteiger partial charge in [-0.05, 0) is 37.2 Å². The number of hydrogen-bond donors (Lipinski definition) is 1. The second-order valence-corrected chi connectivity index (χ2v) is 7.97. The second kappa shape index (κ2) is 8.42. The van der Waals surface area contributed by atoms with E-state index in [1.165, 1.54) is 5.56 Å². The molecule has 0 radical (unpaired) electrons. The summed E-state index contributed by atoms with van der Waals surface area (Å²) in [6, 6.07) is 17.6. The predicted octanol–water partition coefficient (Wildman–Crippen LogP) is 2.97. The first-order chi connectivity index (χ1) is 11.4. The van der Waals surface area contributed by atoms with Gasteiger partial charge in [-0.3, -0.25) is 0 Å². The normalized spacial score (nSPS) is 13.2. The number of nitrogens with zero attached hydrogens (tertiary/aromatic N) is 1. The molecule has 130 valence electrons. The topological polar surface area (TPSA) is 49.4 Å². The van der Waals surface area contributed by atoms with Crippen LogP contribution < -0.4 is 4.72 Å². The maximum absolute atomic E-state index is 12.3. The van der Waals surface area contributed by atoms with Gasteiger partial charge in [0.2, 0.25) is 10.0 Å². The van der Waals surface area contributed by atoms with Crippen molar-refractivity contribution in [2.45, 2.75) is 25.1 Å². The van der Waals surface area contributed by atoms with Crippen LogP contribution >= 0.6 is 0 Å². The average Bonchev–Trinajstić information content (AvgIpc) is 2.55. The number of rotatable bonds is 8. The van der Waals surface area contributed by atoms with E-state index < -0.39 is 10.0 Å². The van der Waals surface area contributed by atoms with Gasteiger partial charge in [-0.1, -0.05) is 61.5 Å². The summed E-state index contributed by atoms with van der Waals surface area (Å²) in [6.45, 7) is 2.48. The van der Waals surface area contributed by atoms with Crippen LogP contribution in [0.2, 0.25) is 0 Å². The largest absolute Gasteiger partial charge is 0.301 e. The zero-order valence-electron chi connectivity index (χ0n) is 14.6. The average molecular weight is 346 g/mol. The first-order valence-corrected chi connectivity index (χ1v) is 9.83. The summed E-state index contributed by atoms with van der Waals surface area (Å²) in [5.41, 5.74) is 3.18. The van der Waals surface area contributed by atoms with Crippen molar-refractivity contribution in [3.05, 3.63) is 71.3 Å². The fourth-order valence-electron chi connectivity index (χ4n) is 2.62. The Kier molecular flexibility index (Phi) is 6.54. The Balaban J connectivity index is 2.05. The molecule has 0 bridgehead atoms. The van der Waals surface area contributed by atoms with Gasteiger partial charge in [0.25, 0.3) is 0 Å². The fraction of sp³-hybridized carbons (Fsp3) is 0.368. The van der Waals surface area contributed by atoms with Gasteiger partial charge in [0.15, 0.2) is 0 Å². The Morgan fingerprint density at radius 2 is 1.58 bits per heavy atom. The van der Waals surface area contributed by atoms with E-state index in [9.17, 15) is 8.42 Å². The first-order valence-electron chi connectivity index (χ1n) is 8.18. The zero-order chi connectivity index (χ0) is 17.6. The third kappa shape index (κ3) is 5.44. The molecule has 0 heterocycles. The van der Waals surface area contributed by atoms with Crippen LogP contribution in [0.4, 0.5) is 0 Å². The van der Waals surface area contributed by atoms with E-state index >= 15 is 0 Å². The highest BCUT2D eigenvalue weighted by Gasteiger charge is 2.18. The molecule has 1 N–H and O–H groups in total. The van der Waals surface area contributed by atoms with E-state index in [0.717, 1.165) is 17.5 Å². The third-order valence-electron chi connectivity index (χ3n) is 4.09. The van der Waals surface area contributed by atoms with Crippen molar-refractivity contribution in [2.24, 2.45) is 0 Å². The highest BCUT2D eigenvalue weighted by Crippen LogP contribution is 2.19. The van der Waals surface area contributed by atoms with Gasteiger partial charge < -0.3 is 4.90 Å². The molecule has 1 unspecified atom stereocenters. The van der Waals surface area contributed by atoms with Crippen LogP contribution in [0.15, 0.2) is 54.6 Å². The molecule has 4 nitrogen and oxygen atoms in total. The lowest BCUT2D eigenvalue weighted by Crippen LogP contribution is -2.35. The number of aryl methyl sites for hydroxylation is 1. The smallest absolute Gasteiger partial charge is 0.215 e. The summed E-state index contributed by atoms with van der Waals surface area (Å²) in [5, 5.41) is 0. The fourth-order valence-corrected chi connectivity index (χ4v) is 3.77. The molecule has 0 saturated heterocycles. The van der Waals surface area contributed by atoms with Gasteiger partial charge in [0.1, 0.15) is 0 Å². The predicted molar refractivity (Wildman–Crippen MR) is 99.3 cm³/mol. The van der Waals surface area contributed by atoms with Gasteiger partial charge in [0, 0.05) is 12.6 Å². The minimum atomic E-state index is -3.36. The van der Waals surface area contributed by atoms with Crippen LogP contribution in [0.25, 0.3) is 0 Å². The molecule has 0 amide bonds. The monoisotopic (exact) mass is 346 g/mol. The Morgan fingerprint density at radius 1 is 0.958 bits per heavy atom. The Bertz CT molecular complexity index is 726. The summed E-state index contributed by atoms with van der Waals surface area (Å²) < 4.78 is 27.4. The molecular weight excluding hydrogens is 320 g/mol. The molecular formula is C19H26N2O2S. The molecule has 24 heavy (non-hydrogen) atoms. The summed E-state index contributed by atoms with van der Waals surface area (Å²) >= 11 is 0. The minimum Gasteiger partial charge on any atom is -0.301 e. The lowest BCUT2D eigenvalue weighted by atomic mass is 10.0. The van der Waals surface area contributed by atoms with Crippen molar-refractivity contribution in [1.29, 1.82) is 0 Å². The molecule has 0 fully saturated rings. The molecule has 0 saturated carbocycles. The van der Waals surface area contributed by atoms with Crippen molar-refractivity contribution in [1.82, 2.24) is 9.62 Å². The Hall–Kier alpha value is -1.69. The molecule has 0 aromatic heterocycles. The molecule has 0 spiro atoms. The van der Waals surface area contributed by atoms with Crippen molar-refractivity contribution < 1.29 is 8.42 Å². The SMILES string of the molecule is CCc1ccc(C(CNS(=O)(=O)Cc2ccccc2)N(C)C)cc1. The maximum Gasteiger partial charge on any atom is 0.215 e.